The van der Waals surface area contributed by atoms with E-state index in [1.807, 2.05) is 16.8 Å². The Morgan fingerprint density at radius 1 is 1.39 bits per heavy atom. The van der Waals surface area contributed by atoms with E-state index in [4.69, 9.17) is 4.74 Å². The number of amides is 1. The van der Waals surface area contributed by atoms with Crippen LogP contribution in [0, 0.1) is 5.82 Å². The molecule has 1 atom stereocenters. The van der Waals surface area contributed by atoms with Gasteiger partial charge in [0.05, 0.1) is 5.69 Å². The Labute approximate surface area is 145 Å². The van der Waals surface area contributed by atoms with E-state index < -0.39 is 23.8 Å². The Bertz CT molecular complexity index is 731. The molecule has 0 saturated heterocycles. The number of rotatable bonds is 5. The lowest BCUT2D eigenvalue weighted by atomic mass is 10.3. The zero-order chi connectivity index (χ0) is 16.8. The van der Waals surface area contributed by atoms with Crippen molar-refractivity contribution in [2.45, 2.75) is 13.0 Å². The molecule has 1 amide bonds. The Morgan fingerprint density at radius 3 is 2.83 bits per heavy atom. The van der Waals surface area contributed by atoms with Crippen molar-refractivity contribution in [3.63, 3.8) is 0 Å². The summed E-state index contributed by atoms with van der Waals surface area (Å²) in [5, 5.41) is 6.13. The van der Waals surface area contributed by atoms with E-state index in [0.717, 1.165) is 5.56 Å². The molecule has 0 spiro atoms. The average Bonchev–Trinajstić information content (AvgIpc) is 3.01. The quantitative estimate of drug-likeness (QED) is 0.606. The molecule has 1 N–H and O–H groups in total. The minimum atomic E-state index is -1.04. The summed E-state index contributed by atoms with van der Waals surface area (Å²) in [5.74, 6) is -1.83. The van der Waals surface area contributed by atoms with E-state index in [1.54, 1.807) is 12.1 Å². The normalized spacial score (nSPS) is 12.1. The maximum atomic E-state index is 13.7. The van der Waals surface area contributed by atoms with E-state index in [2.05, 4.69) is 21.2 Å². The van der Waals surface area contributed by atoms with Gasteiger partial charge in [0.25, 0.3) is 5.91 Å². The number of thiophene rings is 1. The maximum Gasteiger partial charge on any atom is 0.331 e. The van der Waals surface area contributed by atoms with Gasteiger partial charge < -0.3 is 10.1 Å². The molecule has 0 saturated carbocycles. The number of esters is 1. The van der Waals surface area contributed by atoms with E-state index >= 15 is 0 Å². The highest BCUT2D eigenvalue weighted by atomic mass is 79.9. The van der Waals surface area contributed by atoms with Crippen molar-refractivity contribution < 1.29 is 18.7 Å². The summed E-state index contributed by atoms with van der Waals surface area (Å²) in [4.78, 5) is 23.6. The summed E-state index contributed by atoms with van der Waals surface area (Å²) in [7, 11) is 0. The molecule has 0 unspecified atom stereocenters. The van der Waals surface area contributed by atoms with Gasteiger partial charge >= 0.3 is 5.97 Å². The van der Waals surface area contributed by atoms with E-state index in [0.29, 0.717) is 4.47 Å². The van der Waals surface area contributed by atoms with Gasteiger partial charge in [-0.1, -0.05) is 15.9 Å². The number of hydrogen-bond acceptors (Lipinski definition) is 4. The van der Waals surface area contributed by atoms with Gasteiger partial charge in [0.1, 0.15) is 5.82 Å². The number of carbonyl (C=O) groups is 2. The number of halogens is 2. The second-order valence-corrected chi connectivity index (χ2v) is 6.28. The van der Waals surface area contributed by atoms with Crippen molar-refractivity contribution >= 4 is 50.9 Å². The third-order valence-corrected chi connectivity index (χ3v) is 4.00. The molecule has 0 aliphatic rings. The monoisotopic (exact) mass is 397 g/mol. The predicted molar refractivity (Wildman–Crippen MR) is 91.6 cm³/mol. The molecule has 0 radical (unpaired) electrons. The standard InChI is InChI=1S/C16H13BrFNO3S/c1-10(22-15(20)5-2-11-6-7-23-9-11)16(21)19-14-4-3-12(17)8-13(14)18/h2-10H,1H3,(H,19,21)/b5-2+/t10-/m1/s1. The van der Waals surface area contributed by atoms with Crippen molar-refractivity contribution in [1.29, 1.82) is 0 Å². The molecule has 1 aromatic heterocycles. The van der Waals surface area contributed by atoms with Crippen LogP contribution in [-0.4, -0.2) is 18.0 Å². The molecule has 0 aliphatic carbocycles. The molecule has 4 nitrogen and oxygen atoms in total. The van der Waals surface area contributed by atoms with Gasteiger partial charge in [-0.2, -0.15) is 11.3 Å². The fraction of sp³-hybridized carbons (Fsp3) is 0.125. The minimum Gasteiger partial charge on any atom is -0.449 e. The van der Waals surface area contributed by atoms with Gasteiger partial charge in [-0.15, -0.1) is 0 Å². The van der Waals surface area contributed by atoms with E-state index in [1.165, 1.54) is 36.5 Å². The fourth-order valence-corrected chi connectivity index (χ4v) is 2.59. The lowest BCUT2D eigenvalue weighted by molar-refractivity contribution is -0.148. The molecule has 2 rings (SSSR count). The fourth-order valence-electron chi connectivity index (χ4n) is 1.63. The summed E-state index contributed by atoms with van der Waals surface area (Å²) < 4.78 is 19.2. The number of hydrogen-bond donors (Lipinski definition) is 1. The zero-order valence-corrected chi connectivity index (χ0v) is 14.5. The number of benzene rings is 1. The Hall–Kier alpha value is -1.99. The Balaban J connectivity index is 1.90. The molecule has 7 heteroatoms. The molecule has 23 heavy (non-hydrogen) atoms. The smallest absolute Gasteiger partial charge is 0.331 e. The van der Waals surface area contributed by atoms with Crippen LogP contribution in [-0.2, 0) is 14.3 Å². The SMILES string of the molecule is C[C@@H](OC(=O)/C=C/c1ccsc1)C(=O)Nc1ccc(Br)cc1F. The highest BCUT2D eigenvalue weighted by Gasteiger charge is 2.18. The number of nitrogens with one attached hydrogen (secondary N) is 1. The molecular formula is C16H13BrFNO3S. The highest BCUT2D eigenvalue weighted by molar-refractivity contribution is 9.10. The second-order valence-electron chi connectivity index (χ2n) is 4.58. The molecule has 1 aromatic carbocycles. The Morgan fingerprint density at radius 2 is 2.17 bits per heavy atom. The van der Waals surface area contributed by atoms with Gasteiger partial charge in [0.2, 0.25) is 0 Å². The van der Waals surface area contributed by atoms with Gasteiger partial charge in [-0.25, -0.2) is 9.18 Å². The van der Waals surface area contributed by atoms with Gasteiger partial charge in [0.15, 0.2) is 6.10 Å². The van der Waals surface area contributed by atoms with Crippen molar-refractivity contribution in [2.75, 3.05) is 5.32 Å². The van der Waals surface area contributed by atoms with Crippen LogP contribution >= 0.6 is 27.3 Å². The summed E-state index contributed by atoms with van der Waals surface area (Å²) in [6, 6.07) is 6.10. The van der Waals surface area contributed by atoms with Crippen molar-refractivity contribution in [2.24, 2.45) is 0 Å². The second kappa shape index (κ2) is 8.03. The Kier molecular flexibility index (Phi) is 6.06. The average molecular weight is 398 g/mol. The van der Waals surface area contributed by atoms with Gasteiger partial charge in [0, 0.05) is 10.5 Å². The molecule has 120 valence electrons. The molecule has 0 aliphatic heterocycles. The van der Waals surface area contributed by atoms with Crippen LogP contribution in [0.2, 0.25) is 0 Å². The number of ether oxygens (including phenoxy) is 1. The lowest BCUT2D eigenvalue weighted by Gasteiger charge is -2.12. The predicted octanol–water partition coefficient (Wildman–Crippen LogP) is 4.23. The van der Waals surface area contributed by atoms with Crippen LogP contribution in [0.3, 0.4) is 0 Å². The first-order valence-electron chi connectivity index (χ1n) is 6.62. The number of anilines is 1. The zero-order valence-electron chi connectivity index (χ0n) is 12.1. The molecule has 2 aromatic rings. The van der Waals surface area contributed by atoms with E-state index in [9.17, 15) is 14.0 Å². The first-order chi connectivity index (χ1) is 11.0. The molecule has 1 heterocycles. The van der Waals surface area contributed by atoms with Crippen LogP contribution in [0.25, 0.3) is 6.08 Å². The summed E-state index contributed by atoms with van der Waals surface area (Å²) in [6.07, 6.45) is 1.79. The lowest BCUT2D eigenvalue weighted by Crippen LogP contribution is -2.29. The van der Waals surface area contributed by atoms with Crippen LogP contribution in [0.1, 0.15) is 12.5 Å². The minimum absolute atomic E-state index is 0.0231. The van der Waals surface area contributed by atoms with Crippen molar-refractivity contribution in [3.8, 4) is 0 Å². The van der Waals surface area contributed by atoms with Crippen LogP contribution in [0.4, 0.5) is 10.1 Å². The maximum absolute atomic E-state index is 13.7. The first kappa shape index (κ1) is 17.4. The van der Waals surface area contributed by atoms with Crippen molar-refractivity contribution in [3.05, 3.63) is 57.0 Å². The van der Waals surface area contributed by atoms with Crippen LogP contribution in [0.5, 0.6) is 0 Å². The molecule has 0 fully saturated rings. The summed E-state index contributed by atoms with van der Waals surface area (Å²) in [5.41, 5.74) is 0.899. The van der Waals surface area contributed by atoms with Gasteiger partial charge in [-0.3, -0.25) is 4.79 Å². The summed E-state index contributed by atoms with van der Waals surface area (Å²) >= 11 is 4.64. The van der Waals surface area contributed by atoms with Crippen molar-refractivity contribution in [1.82, 2.24) is 0 Å². The van der Waals surface area contributed by atoms with Gasteiger partial charge in [-0.05, 0) is 53.6 Å². The number of carbonyl (C=O) groups excluding carboxylic acids is 2. The van der Waals surface area contributed by atoms with Crippen LogP contribution in [0.15, 0.2) is 45.6 Å². The third-order valence-electron chi connectivity index (χ3n) is 2.81. The highest BCUT2D eigenvalue weighted by Crippen LogP contribution is 2.19. The topological polar surface area (TPSA) is 55.4 Å². The molecular weight excluding hydrogens is 385 g/mol. The van der Waals surface area contributed by atoms with Crippen LogP contribution < -0.4 is 5.32 Å². The molecule has 0 bridgehead atoms. The first-order valence-corrected chi connectivity index (χ1v) is 8.36. The summed E-state index contributed by atoms with van der Waals surface area (Å²) in [6.45, 7) is 1.42. The van der Waals surface area contributed by atoms with E-state index in [-0.39, 0.29) is 5.69 Å². The largest absolute Gasteiger partial charge is 0.449 e. The third kappa shape index (κ3) is 5.30.